The second-order valence-corrected chi connectivity index (χ2v) is 5.69. The van der Waals surface area contributed by atoms with Crippen molar-refractivity contribution in [2.75, 3.05) is 38.3 Å². The normalized spacial score (nSPS) is 22.5. The van der Waals surface area contributed by atoms with Gasteiger partial charge < -0.3 is 19.7 Å². The number of hydrogen-bond acceptors (Lipinski definition) is 4. The molecule has 0 spiro atoms. The summed E-state index contributed by atoms with van der Waals surface area (Å²) in [6.45, 7) is 8.71. The smallest absolute Gasteiger partial charge is 0.0723 e. The summed E-state index contributed by atoms with van der Waals surface area (Å²) in [6, 6.07) is 9.37. The lowest BCUT2D eigenvalue weighted by Crippen LogP contribution is -2.48. The van der Waals surface area contributed by atoms with E-state index in [9.17, 15) is 0 Å². The molecule has 0 amide bonds. The summed E-state index contributed by atoms with van der Waals surface area (Å²) in [5.74, 6) is 0. The van der Waals surface area contributed by atoms with Crippen LogP contribution in [0.15, 0.2) is 24.3 Å². The predicted molar refractivity (Wildman–Crippen MR) is 86.9 cm³/mol. The van der Waals surface area contributed by atoms with E-state index in [0.717, 1.165) is 39.3 Å². The van der Waals surface area contributed by atoms with Crippen LogP contribution in [0, 0.1) is 0 Å². The van der Waals surface area contributed by atoms with Crippen LogP contribution in [-0.4, -0.2) is 45.6 Å². The van der Waals surface area contributed by atoms with Gasteiger partial charge >= 0.3 is 0 Å². The van der Waals surface area contributed by atoms with Gasteiger partial charge in [0.25, 0.3) is 0 Å². The van der Waals surface area contributed by atoms with Crippen molar-refractivity contribution >= 4 is 5.69 Å². The number of hydrogen-bond donors (Lipinski definition) is 1. The summed E-state index contributed by atoms with van der Waals surface area (Å²) < 4.78 is 10.8. The Bertz CT molecular complexity index is 408. The molecule has 1 aliphatic rings. The van der Waals surface area contributed by atoms with Gasteiger partial charge in [-0.05, 0) is 31.0 Å². The van der Waals surface area contributed by atoms with Gasteiger partial charge in [0.05, 0.1) is 25.4 Å². The molecule has 1 aromatic carbocycles. The quantitative estimate of drug-likeness (QED) is 0.783. The highest BCUT2D eigenvalue weighted by atomic mass is 16.5. The molecule has 0 bridgehead atoms. The van der Waals surface area contributed by atoms with Crippen LogP contribution < -0.4 is 10.2 Å². The Morgan fingerprint density at radius 2 is 2.10 bits per heavy atom. The molecule has 2 unspecified atom stereocenters. The maximum Gasteiger partial charge on any atom is 0.0723 e. The topological polar surface area (TPSA) is 33.7 Å². The van der Waals surface area contributed by atoms with Gasteiger partial charge in [-0.25, -0.2) is 0 Å². The Morgan fingerprint density at radius 3 is 2.76 bits per heavy atom. The Kier molecular flexibility index (Phi) is 6.49. The van der Waals surface area contributed by atoms with Crippen LogP contribution in [-0.2, 0) is 16.0 Å². The SMILES string of the molecule is CCC1COC(C)CN1c1ccc(CNCCOC)cc1. The molecule has 1 saturated heterocycles. The van der Waals surface area contributed by atoms with Crippen molar-refractivity contribution in [3.8, 4) is 0 Å². The summed E-state index contributed by atoms with van der Waals surface area (Å²) in [6.07, 6.45) is 1.43. The van der Waals surface area contributed by atoms with E-state index in [4.69, 9.17) is 9.47 Å². The number of nitrogens with zero attached hydrogens (tertiary/aromatic N) is 1. The lowest BCUT2D eigenvalue weighted by Gasteiger charge is -2.40. The summed E-state index contributed by atoms with van der Waals surface area (Å²) in [5.41, 5.74) is 2.61. The Hall–Kier alpha value is -1.10. The van der Waals surface area contributed by atoms with Gasteiger partial charge in [0, 0.05) is 32.4 Å². The van der Waals surface area contributed by atoms with E-state index in [1.165, 1.54) is 11.3 Å². The van der Waals surface area contributed by atoms with Gasteiger partial charge in [-0.2, -0.15) is 0 Å². The highest BCUT2D eigenvalue weighted by molar-refractivity contribution is 5.49. The number of ether oxygens (including phenoxy) is 2. The number of rotatable bonds is 7. The highest BCUT2D eigenvalue weighted by Crippen LogP contribution is 2.23. The third kappa shape index (κ3) is 4.70. The van der Waals surface area contributed by atoms with E-state index in [1.54, 1.807) is 7.11 Å². The number of anilines is 1. The zero-order chi connectivity index (χ0) is 15.1. The molecule has 2 atom stereocenters. The molecule has 1 N–H and O–H groups in total. The van der Waals surface area contributed by atoms with Gasteiger partial charge in [0.15, 0.2) is 0 Å². The molecule has 0 aromatic heterocycles. The van der Waals surface area contributed by atoms with E-state index >= 15 is 0 Å². The molecule has 4 nitrogen and oxygen atoms in total. The van der Waals surface area contributed by atoms with Crippen molar-refractivity contribution < 1.29 is 9.47 Å². The van der Waals surface area contributed by atoms with Gasteiger partial charge in [-0.15, -0.1) is 0 Å². The molecule has 1 aromatic rings. The highest BCUT2D eigenvalue weighted by Gasteiger charge is 2.25. The van der Waals surface area contributed by atoms with E-state index in [2.05, 4.69) is 48.3 Å². The predicted octanol–water partition coefficient (Wildman–Crippen LogP) is 2.43. The third-order valence-electron chi connectivity index (χ3n) is 4.02. The van der Waals surface area contributed by atoms with Crippen LogP contribution >= 0.6 is 0 Å². The monoisotopic (exact) mass is 292 g/mol. The first kappa shape index (κ1) is 16.3. The van der Waals surface area contributed by atoms with Crippen molar-refractivity contribution in [2.24, 2.45) is 0 Å². The first-order valence-corrected chi connectivity index (χ1v) is 7.91. The van der Waals surface area contributed by atoms with Gasteiger partial charge in [0.2, 0.25) is 0 Å². The van der Waals surface area contributed by atoms with Gasteiger partial charge in [-0.1, -0.05) is 19.1 Å². The van der Waals surface area contributed by atoms with E-state index in [1.807, 2.05) is 0 Å². The molecule has 1 aliphatic heterocycles. The maximum atomic E-state index is 5.77. The number of morpholine rings is 1. The van der Waals surface area contributed by atoms with E-state index < -0.39 is 0 Å². The summed E-state index contributed by atoms with van der Waals surface area (Å²) in [7, 11) is 1.73. The lowest BCUT2D eigenvalue weighted by molar-refractivity contribution is 0.0299. The first-order chi connectivity index (χ1) is 10.2. The second kappa shape index (κ2) is 8.37. The number of methoxy groups -OCH3 is 1. The largest absolute Gasteiger partial charge is 0.383 e. The molecular formula is C17H28N2O2. The molecule has 118 valence electrons. The van der Waals surface area contributed by atoms with Crippen molar-refractivity contribution in [3.63, 3.8) is 0 Å². The van der Waals surface area contributed by atoms with Crippen molar-refractivity contribution in [1.29, 1.82) is 0 Å². The number of nitrogens with one attached hydrogen (secondary N) is 1. The Labute approximate surface area is 128 Å². The zero-order valence-corrected chi connectivity index (χ0v) is 13.5. The van der Waals surface area contributed by atoms with Crippen LogP contribution in [0.2, 0.25) is 0 Å². The third-order valence-corrected chi connectivity index (χ3v) is 4.02. The fourth-order valence-electron chi connectivity index (χ4n) is 2.71. The van der Waals surface area contributed by atoms with E-state index in [0.29, 0.717) is 12.1 Å². The zero-order valence-electron chi connectivity index (χ0n) is 13.5. The van der Waals surface area contributed by atoms with Gasteiger partial charge in [-0.3, -0.25) is 0 Å². The van der Waals surface area contributed by atoms with Gasteiger partial charge in [0.1, 0.15) is 0 Å². The molecule has 4 heteroatoms. The van der Waals surface area contributed by atoms with Crippen LogP contribution in [0.4, 0.5) is 5.69 Å². The summed E-state index contributed by atoms with van der Waals surface area (Å²) >= 11 is 0. The van der Waals surface area contributed by atoms with Crippen molar-refractivity contribution in [1.82, 2.24) is 5.32 Å². The fourth-order valence-corrected chi connectivity index (χ4v) is 2.71. The molecule has 0 aliphatic carbocycles. The number of benzene rings is 1. The standard InChI is InChI=1S/C17H28N2O2/c1-4-16-13-21-14(2)12-19(16)17-7-5-15(6-8-17)11-18-9-10-20-3/h5-8,14,16,18H,4,9-13H2,1-3H3. The van der Waals surface area contributed by atoms with Crippen LogP contribution in [0.25, 0.3) is 0 Å². The molecule has 2 rings (SSSR count). The van der Waals surface area contributed by atoms with Crippen LogP contribution in [0.5, 0.6) is 0 Å². The van der Waals surface area contributed by atoms with Crippen molar-refractivity contribution in [2.45, 2.75) is 39.0 Å². The molecule has 1 heterocycles. The maximum absolute atomic E-state index is 5.77. The van der Waals surface area contributed by atoms with Crippen LogP contribution in [0.1, 0.15) is 25.8 Å². The minimum Gasteiger partial charge on any atom is -0.383 e. The molecule has 21 heavy (non-hydrogen) atoms. The first-order valence-electron chi connectivity index (χ1n) is 7.91. The summed E-state index contributed by atoms with van der Waals surface area (Å²) in [5, 5.41) is 3.37. The van der Waals surface area contributed by atoms with Crippen LogP contribution in [0.3, 0.4) is 0 Å². The minimum absolute atomic E-state index is 0.309. The minimum atomic E-state index is 0.309. The molecule has 0 radical (unpaired) electrons. The average Bonchev–Trinajstić information content (AvgIpc) is 2.52. The molecular weight excluding hydrogens is 264 g/mol. The Morgan fingerprint density at radius 1 is 1.33 bits per heavy atom. The van der Waals surface area contributed by atoms with E-state index in [-0.39, 0.29) is 0 Å². The summed E-state index contributed by atoms with van der Waals surface area (Å²) in [4.78, 5) is 2.48. The Balaban J connectivity index is 1.93. The van der Waals surface area contributed by atoms with Crippen molar-refractivity contribution in [3.05, 3.63) is 29.8 Å². The second-order valence-electron chi connectivity index (χ2n) is 5.69. The fraction of sp³-hybridized carbons (Fsp3) is 0.647. The average molecular weight is 292 g/mol. The molecule has 0 saturated carbocycles. The lowest BCUT2D eigenvalue weighted by atomic mass is 10.1. The molecule has 1 fully saturated rings.